The highest BCUT2D eigenvalue weighted by molar-refractivity contribution is 5.61. The smallest absolute Gasteiger partial charge is 0.508 e. The number of rotatable bonds is 4. The Kier molecular flexibility index (Phi) is 4.88. The van der Waals surface area contributed by atoms with Crippen LogP contribution in [0.5, 0.6) is 11.5 Å². The van der Waals surface area contributed by atoms with E-state index in [2.05, 4.69) is 0 Å². The molecule has 0 fully saturated rings. The Labute approximate surface area is 128 Å². The molecule has 0 heterocycles. The van der Waals surface area contributed by atoms with Crippen molar-refractivity contribution in [3.05, 3.63) is 59.7 Å². The van der Waals surface area contributed by atoms with Gasteiger partial charge in [0.15, 0.2) is 0 Å². The minimum absolute atomic E-state index is 0.0524. The molecule has 2 atom stereocenters. The van der Waals surface area contributed by atoms with Gasteiger partial charge in [-0.15, -0.1) is 0 Å². The third-order valence-corrected chi connectivity index (χ3v) is 3.30. The number of phenols is 2. The van der Waals surface area contributed by atoms with Gasteiger partial charge in [-0.05, 0) is 26.0 Å². The van der Waals surface area contributed by atoms with Crippen LogP contribution in [-0.4, -0.2) is 16.4 Å². The van der Waals surface area contributed by atoms with Crippen LogP contribution in [0.4, 0.5) is 4.79 Å². The normalized spacial score (nSPS) is 13.2. The van der Waals surface area contributed by atoms with Crippen LogP contribution in [-0.2, 0) is 9.47 Å². The molecule has 0 aliphatic carbocycles. The van der Waals surface area contributed by atoms with Crippen molar-refractivity contribution < 1.29 is 24.5 Å². The molecule has 5 heteroatoms. The highest BCUT2D eigenvalue weighted by atomic mass is 16.7. The minimum atomic E-state index is -0.869. The summed E-state index contributed by atoms with van der Waals surface area (Å²) >= 11 is 0. The van der Waals surface area contributed by atoms with Crippen LogP contribution in [0.1, 0.15) is 37.2 Å². The van der Waals surface area contributed by atoms with E-state index in [1.54, 1.807) is 50.2 Å². The number of ether oxygens (including phenoxy) is 2. The van der Waals surface area contributed by atoms with Crippen LogP contribution in [0.25, 0.3) is 0 Å². The molecule has 116 valence electrons. The van der Waals surface area contributed by atoms with Crippen LogP contribution in [0.15, 0.2) is 48.5 Å². The van der Waals surface area contributed by atoms with Gasteiger partial charge >= 0.3 is 6.16 Å². The van der Waals surface area contributed by atoms with Gasteiger partial charge in [-0.1, -0.05) is 36.4 Å². The van der Waals surface area contributed by atoms with Gasteiger partial charge in [-0.25, -0.2) is 4.79 Å². The number of para-hydroxylation sites is 2. The quantitative estimate of drug-likeness (QED) is 0.832. The summed E-state index contributed by atoms with van der Waals surface area (Å²) in [6.45, 7) is 3.28. The van der Waals surface area contributed by atoms with Gasteiger partial charge in [-0.2, -0.15) is 0 Å². The van der Waals surface area contributed by atoms with Crippen LogP contribution >= 0.6 is 0 Å². The van der Waals surface area contributed by atoms with Crippen molar-refractivity contribution in [2.45, 2.75) is 26.1 Å². The maximum absolute atomic E-state index is 11.8. The number of carbonyl (C=O) groups is 1. The Hall–Kier alpha value is -2.69. The van der Waals surface area contributed by atoms with Crippen molar-refractivity contribution in [1.29, 1.82) is 0 Å². The van der Waals surface area contributed by atoms with E-state index in [0.717, 1.165) is 0 Å². The summed E-state index contributed by atoms with van der Waals surface area (Å²) in [6.07, 6.45) is -2.16. The first-order valence-corrected chi connectivity index (χ1v) is 6.92. The molecule has 2 aromatic carbocycles. The fourth-order valence-corrected chi connectivity index (χ4v) is 2.11. The number of benzene rings is 2. The molecule has 0 spiro atoms. The van der Waals surface area contributed by atoms with Crippen molar-refractivity contribution in [2.75, 3.05) is 0 Å². The van der Waals surface area contributed by atoms with Gasteiger partial charge in [0.25, 0.3) is 0 Å². The molecule has 0 radical (unpaired) electrons. The molecule has 0 saturated carbocycles. The average Bonchev–Trinajstić information content (AvgIpc) is 2.47. The predicted molar refractivity (Wildman–Crippen MR) is 80.6 cm³/mol. The molecule has 0 saturated heterocycles. The number of phenolic OH excluding ortho intramolecular Hbond substituents is 2. The van der Waals surface area contributed by atoms with Gasteiger partial charge in [0.1, 0.15) is 23.7 Å². The predicted octanol–water partition coefficient (Wildman–Crippen LogP) is 4.07. The lowest BCUT2D eigenvalue weighted by atomic mass is 10.1. The Balaban J connectivity index is 1.98. The number of hydrogen-bond donors (Lipinski definition) is 2. The second-order valence-corrected chi connectivity index (χ2v) is 4.89. The van der Waals surface area contributed by atoms with Crippen molar-refractivity contribution in [1.82, 2.24) is 0 Å². The molecule has 0 amide bonds. The van der Waals surface area contributed by atoms with Crippen molar-refractivity contribution in [2.24, 2.45) is 0 Å². The van der Waals surface area contributed by atoms with Gasteiger partial charge in [-0.3, -0.25) is 0 Å². The third kappa shape index (κ3) is 3.69. The molecule has 0 bridgehead atoms. The summed E-state index contributed by atoms with van der Waals surface area (Å²) in [5.74, 6) is 0.105. The average molecular weight is 302 g/mol. The highest BCUT2D eigenvalue weighted by Crippen LogP contribution is 2.29. The van der Waals surface area contributed by atoms with Crippen molar-refractivity contribution in [3.63, 3.8) is 0 Å². The van der Waals surface area contributed by atoms with E-state index in [-0.39, 0.29) is 11.5 Å². The molecule has 5 nitrogen and oxygen atoms in total. The molecule has 0 aliphatic rings. The Morgan fingerprint density at radius 3 is 1.55 bits per heavy atom. The minimum Gasteiger partial charge on any atom is -0.508 e. The summed E-state index contributed by atoms with van der Waals surface area (Å²) in [5.41, 5.74) is 0.990. The van der Waals surface area contributed by atoms with Crippen LogP contribution in [0.2, 0.25) is 0 Å². The van der Waals surface area contributed by atoms with Gasteiger partial charge in [0, 0.05) is 11.1 Å². The van der Waals surface area contributed by atoms with Crippen molar-refractivity contribution in [3.8, 4) is 11.5 Å². The molecule has 0 aromatic heterocycles. The fraction of sp³-hybridized carbons (Fsp3) is 0.235. The topological polar surface area (TPSA) is 76.0 Å². The Morgan fingerprint density at radius 2 is 1.18 bits per heavy atom. The van der Waals surface area contributed by atoms with E-state index in [9.17, 15) is 15.0 Å². The zero-order chi connectivity index (χ0) is 16.1. The number of hydrogen-bond acceptors (Lipinski definition) is 5. The van der Waals surface area contributed by atoms with E-state index < -0.39 is 18.4 Å². The molecule has 2 rings (SSSR count). The zero-order valence-corrected chi connectivity index (χ0v) is 12.4. The standard InChI is InChI=1S/C17H18O5/c1-11(13-7-3-5-9-15(13)18)21-17(20)22-12(2)14-8-4-6-10-16(14)19/h3-12,18-19H,1-2H3. The molecule has 2 unspecified atom stereocenters. The van der Waals surface area contributed by atoms with Crippen molar-refractivity contribution >= 4 is 6.16 Å². The van der Waals surface area contributed by atoms with E-state index in [4.69, 9.17) is 9.47 Å². The second-order valence-electron chi connectivity index (χ2n) is 4.89. The summed E-state index contributed by atoms with van der Waals surface area (Å²) in [6, 6.07) is 13.2. The molecule has 22 heavy (non-hydrogen) atoms. The maximum Gasteiger partial charge on any atom is 0.509 e. The third-order valence-electron chi connectivity index (χ3n) is 3.30. The molecule has 2 N–H and O–H groups in total. The lowest BCUT2D eigenvalue weighted by molar-refractivity contribution is 0.00540. The van der Waals surface area contributed by atoms with Gasteiger partial charge < -0.3 is 19.7 Å². The summed E-state index contributed by atoms with van der Waals surface area (Å²) in [7, 11) is 0. The maximum atomic E-state index is 11.8. The first-order valence-electron chi connectivity index (χ1n) is 6.92. The number of aromatic hydroxyl groups is 2. The molecular formula is C17H18O5. The first-order chi connectivity index (χ1) is 10.5. The van der Waals surface area contributed by atoms with E-state index >= 15 is 0 Å². The Bertz CT molecular complexity index is 598. The van der Waals surface area contributed by atoms with Gasteiger partial charge in [0.05, 0.1) is 0 Å². The summed E-state index contributed by atoms with van der Waals surface area (Å²) < 4.78 is 10.3. The van der Waals surface area contributed by atoms with E-state index in [1.807, 2.05) is 0 Å². The fourth-order valence-electron chi connectivity index (χ4n) is 2.11. The Morgan fingerprint density at radius 1 is 0.818 bits per heavy atom. The zero-order valence-electron chi connectivity index (χ0n) is 12.4. The second kappa shape index (κ2) is 6.85. The van der Waals surface area contributed by atoms with Crippen LogP contribution in [0, 0.1) is 0 Å². The van der Waals surface area contributed by atoms with Gasteiger partial charge in [0.2, 0.25) is 0 Å². The van der Waals surface area contributed by atoms with E-state index in [1.165, 1.54) is 12.1 Å². The summed E-state index contributed by atoms with van der Waals surface area (Å²) in [4.78, 5) is 11.8. The molecular weight excluding hydrogens is 284 g/mol. The first kappa shape index (κ1) is 15.7. The SMILES string of the molecule is CC(OC(=O)OC(C)c1ccccc1O)c1ccccc1O. The van der Waals surface area contributed by atoms with Crippen LogP contribution < -0.4 is 0 Å². The summed E-state index contributed by atoms with van der Waals surface area (Å²) in [5, 5.41) is 19.4. The lowest BCUT2D eigenvalue weighted by Gasteiger charge is -2.18. The number of carbonyl (C=O) groups excluding carboxylic acids is 1. The monoisotopic (exact) mass is 302 g/mol. The molecule has 0 aliphatic heterocycles. The van der Waals surface area contributed by atoms with Crippen LogP contribution in [0.3, 0.4) is 0 Å². The molecule has 2 aromatic rings. The van der Waals surface area contributed by atoms with E-state index in [0.29, 0.717) is 11.1 Å². The highest BCUT2D eigenvalue weighted by Gasteiger charge is 2.19. The largest absolute Gasteiger partial charge is 0.509 e. The lowest BCUT2D eigenvalue weighted by Crippen LogP contribution is -2.13.